The Hall–Kier alpha value is -1.89. The molecule has 0 saturated heterocycles. The summed E-state index contributed by atoms with van der Waals surface area (Å²) in [6.45, 7) is 4.09. The molecule has 0 aromatic heterocycles. The van der Waals surface area contributed by atoms with Crippen molar-refractivity contribution in [3.05, 3.63) is 76.6 Å². The van der Waals surface area contributed by atoms with E-state index >= 15 is 0 Å². The monoisotopic (exact) mass is 280 g/mol. The van der Waals surface area contributed by atoms with Crippen LogP contribution in [0.5, 0.6) is 0 Å². The van der Waals surface area contributed by atoms with Gasteiger partial charge in [0.15, 0.2) is 0 Å². The average molecular weight is 280 g/mol. The van der Waals surface area contributed by atoms with Gasteiger partial charge in [-0.1, -0.05) is 48.0 Å². The van der Waals surface area contributed by atoms with E-state index in [4.69, 9.17) is 0 Å². The van der Waals surface area contributed by atoms with E-state index < -0.39 is 0 Å². The molecule has 0 nitrogen and oxygen atoms in total. The van der Waals surface area contributed by atoms with Gasteiger partial charge in [-0.25, -0.2) is 4.39 Å². The molecular weight excluding hydrogens is 259 g/mol. The van der Waals surface area contributed by atoms with Gasteiger partial charge in [0.2, 0.25) is 0 Å². The first-order valence-corrected chi connectivity index (χ1v) is 7.65. The lowest BCUT2D eigenvalue weighted by Crippen LogP contribution is -2.08. The molecule has 0 radical (unpaired) electrons. The summed E-state index contributed by atoms with van der Waals surface area (Å²) < 4.78 is 14.2. The molecule has 0 N–H and O–H groups in total. The predicted octanol–water partition coefficient (Wildman–Crippen LogP) is 5.88. The normalized spacial score (nSPS) is 18.9. The molecule has 0 aliphatic heterocycles. The topological polar surface area (TPSA) is 0 Å². The lowest BCUT2D eigenvalue weighted by atomic mass is 9.78. The summed E-state index contributed by atoms with van der Waals surface area (Å²) in [5, 5.41) is 0. The zero-order chi connectivity index (χ0) is 14.8. The van der Waals surface area contributed by atoms with Gasteiger partial charge in [0.05, 0.1) is 0 Å². The highest BCUT2D eigenvalue weighted by molar-refractivity contribution is 5.70. The number of hydrogen-bond acceptors (Lipinski definition) is 0. The highest BCUT2D eigenvalue weighted by atomic mass is 19.1. The van der Waals surface area contributed by atoms with Gasteiger partial charge in [-0.15, -0.1) is 0 Å². The fourth-order valence-corrected chi connectivity index (χ4v) is 3.37. The fourth-order valence-electron chi connectivity index (χ4n) is 3.37. The van der Waals surface area contributed by atoms with Crippen LogP contribution in [0, 0.1) is 12.7 Å². The van der Waals surface area contributed by atoms with E-state index in [0.717, 1.165) is 30.4 Å². The quantitative estimate of drug-likeness (QED) is 0.645. The van der Waals surface area contributed by atoms with Crippen molar-refractivity contribution in [2.45, 2.75) is 39.0 Å². The second-order valence-corrected chi connectivity index (χ2v) is 6.09. The molecule has 21 heavy (non-hydrogen) atoms. The molecule has 1 atom stereocenters. The molecule has 3 rings (SSSR count). The van der Waals surface area contributed by atoms with Gasteiger partial charge in [0.1, 0.15) is 5.82 Å². The number of rotatable bonds is 2. The standard InChI is InChI=1S/C20H21F/c1-14-8-10-19(20(21)12-14)18-11-9-17(13-15(18)2)16-6-4-3-5-7-16/h3-8,10,12,17H,9,11,13H2,1-2H3. The van der Waals surface area contributed by atoms with Crippen LogP contribution in [0.4, 0.5) is 4.39 Å². The molecule has 1 unspecified atom stereocenters. The van der Waals surface area contributed by atoms with Crippen molar-refractivity contribution in [2.24, 2.45) is 0 Å². The van der Waals surface area contributed by atoms with Crippen LogP contribution in [0.2, 0.25) is 0 Å². The first-order chi connectivity index (χ1) is 10.1. The molecule has 0 spiro atoms. The van der Waals surface area contributed by atoms with E-state index in [1.54, 1.807) is 6.07 Å². The van der Waals surface area contributed by atoms with E-state index in [1.807, 2.05) is 19.1 Å². The Morgan fingerprint density at radius 3 is 2.43 bits per heavy atom. The molecule has 0 amide bonds. The summed E-state index contributed by atoms with van der Waals surface area (Å²) in [6, 6.07) is 16.2. The van der Waals surface area contributed by atoms with Crippen LogP contribution >= 0.6 is 0 Å². The molecule has 1 aliphatic rings. The molecule has 108 valence electrons. The predicted molar refractivity (Wildman–Crippen MR) is 86.8 cm³/mol. The molecule has 0 fully saturated rings. The van der Waals surface area contributed by atoms with Crippen molar-refractivity contribution >= 4 is 5.57 Å². The maximum absolute atomic E-state index is 14.2. The molecule has 0 saturated carbocycles. The summed E-state index contributed by atoms with van der Waals surface area (Å²) in [5.41, 5.74) is 5.72. The minimum Gasteiger partial charge on any atom is -0.206 e. The maximum Gasteiger partial charge on any atom is 0.130 e. The Morgan fingerprint density at radius 2 is 1.76 bits per heavy atom. The van der Waals surface area contributed by atoms with Crippen molar-refractivity contribution in [2.75, 3.05) is 0 Å². The van der Waals surface area contributed by atoms with Gasteiger partial charge in [-0.2, -0.15) is 0 Å². The van der Waals surface area contributed by atoms with Crippen LogP contribution in [-0.2, 0) is 0 Å². The van der Waals surface area contributed by atoms with E-state index in [2.05, 4.69) is 37.3 Å². The smallest absolute Gasteiger partial charge is 0.130 e. The van der Waals surface area contributed by atoms with Crippen LogP contribution in [0.3, 0.4) is 0 Å². The summed E-state index contributed by atoms with van der Waals surface area (Å²) in [4.78, 5) is 0. The average Bonchev–Trinajstić information content (AvgIpc) is 2.49. The highest BCUT2D eigenvalue weighted by Crippen LogP contribution is 2.40. The maximum atomic E-state index is 14.2. The SMILES string of the molecule is CC1=C(c2ccc(C)cc2F)CCC(c2ccccc2)C1. The summed E-state index contributed by atoms with van der Waals surface area (Å²) in [5.74, 6) is 0.492. The zero-order valence-electron chi connectivity index (χ0n) is 12.7. The Kier molecular flexibility index (Phi) is 3.92. The largest absolute Gasteiger partial charge is 0.206 e. The van der Waals surface area contributed by atoms with Crippen LogP contribution < -0.4 is 0 Å². The lowest BCUT2D eigenvalue weighted by molar-refractivity contribution is 0.593. The highest BCUT2D eigenvalue weighted by Gasteiger charge is 2.22. The minimum atomic E-state index is -0.0810. The summed E-state index contributed by atoms with van der Waals surface area (Å²) in [7, 11) is 0. The van der Waals surface area contributed by atoms with Crippen molar-refractivity contribution in [3.63, 3.8) is 0 Å². The van der Waals surface area contributed by atoms with Crippen LogP contribution in [0.15, 0.2) is 54.1 Å². The van der Waals surface area contributed by atoms with Crippen LogP contribution in [-0.4, -0.2) is 0 Å². The first kappa shape index (κ1) is 14.1. The van der Waals surface area contributed by atoms with E-state index in [9.17, 15) is 4.39 Å². The third-order valence-electron chi connectivity index (χ3n) is 4.53. The first-order valence-electron chi connectivity index (χ1n) is 7.65. The molecule has 0 heterocycles. The van der Waals surface area contributed by atoms with Gasteiger partial charge in [-0.05, 0) is 61.8 Å². The van der Waals surface area contributed by atoms with E-state index in [-0.39, 0.29) is 5.82 Å². The Balaban J connectivity index is 1.89. The Labute approximate surface area is 126 Å². The summed E-state index contributed by atoms with van der Waals surface area (Å²) >= 11 is 0. The van der Waals surface area contributed by atoms with Crippen molar-refractivity contribution < 1.29 is 4.39 Å². The number of allylic oxidation sites excluding steroid dienone is 2. The van der Waals surface area contributed by atoms with Crippen molar-refractivity contribution in [3.8, 4) is 0 Å². The third kappa shape index (κ3) is 2.92. The van der Waals surface area contributed by atoms with Crippen molar-refractivity contribution in [1.29, 1.82) is 0 Å². The number of hydrogen-bond donors (Lipinski definition) is 0. The third-order valence-corrected chi connectivity index (χ3v) is 4.53. The molecule has 1 aliphatic carbocycles. The van der Waals surface area contributed by atoms with Crippen LogP contribution in [0.1, 0.15) is 48.8 Å². The van der Waals surface area contributed by atoms with Gasteiger partial charge < -0.3 is 0 Å². The van der Waals surface area contributed by atoms with Gasteiger partial charge in [0, 0.05) is 5.56 Å². The summed E-state index contributed by atoms with van der Waals surface area (Å²) in [6.07, 6.45) is 3.10. The van der Waals surface area contributed by atoms with Gasteiger partial charge in [-0.3, -0.25) is 0 Å². The fraction of sp³-hybridized carbons (Fsp3) is 0.300. The van der Waals surface area contributed by atoms with Crippen molar-refractivity contribution in [1.82, 2.24) is 0 Å². The second-order valence-electron chi connectivity index (χ2n) is 6.09. The number of benzene rings is 2. The van der Waals surface area contributed by atoms with Gasteiger partial charge >= 0.3 is 0 Å². The minimum absolute atomic E-state index is 0.0810. The Bertz CT molecular complexity index is 667. The zero-order valence-corrected chi connectivity index (χ0v) is 12.7. The number of aryl methyl sites for hydroxylation is 1. The Morgan fingerprint density at radius 1 is 1.00 bits per heavy atom. The lowest BCUT2D eigenvalue weighted by Gasteiger charge is -2.26. The molecular formula is C20H21F. The second kappa shape index (κ2) is 5.85. The molecule has 1 heteroatoms. The number of halogens is 1. The molecule has 0 bridgehead atoms. The van der Waals surface area contributed by atoms with E-state index in [0.29, 0.717) is 5.92 Å². The van der Waals surface area contributed by atoms with E-state index in [1.165, 1.54) is 16.7 Å². The van der Waals surface area contributed by atoms with Gasteiger partial charge in [0.25, 0.3) is 0 Å². The molecule has 2 aromatic rings. The van der Waals surface area contributed by atoms with Crippen LogP contribution in [0.25, 0.3) is 5.57 Å². The molecule has 2 aromatic carbocycles.